The van der Waals surface area contributed by atoms with Gasteiger partial charge in [0.15, 0.2) is 6.61 Å². The Labute approximate surface area is 278 Å². The van der Waals surface area contributed by atoms with Crippen molar-refractivity contribution >= 4 is 69.0 Å². The van der Waals surface area contributed by atoms with E-state index in [9.17, 15) is 29.3 Å². The predicted molar refractivity (Wildman–Crippen MR) is 174 cm³/mol. The SMILES string of the molecule is CC1=CC2CC1C1C(=O)N(c3ccc(-c4cc(C(=O)OCC(=O)c5ccc(Cl)c([N+](=O)[O-])c5)c5ccc(Cl)c(C)c5n4)cc3)C(=O)C21. The number of carbonyl (C=O) groups is 4. The molecule has 7 rings (SSSR count). The largest absolute Gasteiger partial charge is 0.454 e. The van der Waals surface area contributed by atoms with E-state index < -0.39 is 29.0 Å². The average Bonchev–Trinajstić information content (AvgIpc) is 3.70. The highest BCUT2D eigenvalue weighted by Crippen LogP contribution is 2.56. The summed E-state index contributed by atoms with van der Waals surface area (Å²) in [7, 11) is 0. The van der Waals surface area contributed by atoms with Crippen LogP contribution in [0.1, 0.15) is 39.6 Å². The fraction of sp³-hybridized carbons (Fsp3) is 0.229. The molecule has 1 aromatic heterocycles. The molecule has 2 heterocycles. The van der Waals surface area contributed by atoms with Crippen molar-refractivity contribution in [3.8, 4) is 11.3 Å². The Morgan fingerprint density at radius 1 is 0.979 bits per heavy atom. The van der Waals surface area contributed by atoms with Crippen molar-refractivity contribution < 1.29 is 28.8 Å². The second-order valence-electron chi connectivity index (χ2n) is 12.1. The van der Waals surface area contributed by atoms with Crippen LogP contribution in [0, 0.1) is 40.7 Å². The van der Waals surface area contributed by atoms with Crippen LogP contribution in [0.3, 0.4) is 0 Å². The minimum absolute atomic E-state index is 0.0328. The summed E-state index contributed by atoms with van der Waals surface area (Å²) < 4.78 is 5.38. The van der Waals surface area contributed by atoms with Crippen LogP contribution in [0.25, 0.3) is 22.2 Å². The third-order valence-electron chi connectivity index (χ3n) is 9.49. The van der Waals surface area contributed by atoms with Gasteiger partial charge in [-0.1, -0.05) is 53.1 Å². The highest BCUT2D eigenvalue weighted by molar-refractivity contribution is 6.33. The lowest BCUT2D eigenvalue weighted by Crippen LogP contribution is -2.32. The highest BCUT2D eigenvalue weighted by atomic mass is 35.5. The number of Topliss-reactive ketones (excluding diaryl/α,β-unsaturated/α-hetero) is 1. The molecule has 4 atom stereocenters. The van der Waals surface area contributed by atoms with Crippen molar-refractivity contribution in [3.63, 3.8) is 0 Å². The number of hydrogen-bond acceptors (Lipinski definition) is 8. The summed E-state index contributed by atoms with van der Waals surface area (Å²) in [4.78, 5) is 69.6. The molecule has 12 heteroatoms. The van der Waals surface area contributed by atoms with E-state index in [0.29, 0.717) is 38.4 Å². The first-order chi connectivity index (χ1) is 22.4. The first-order valence-electron chi connectivity index (χ1n) is 14.8. The molecule has 4 aromatic rings. The Morgan fingerprint density at radius 3 is 2.40 bits per heavy atom. The number of rotatable bonds is 7. The van der Waals surface area contributed by atoms with E-state index in [-0.39, 0.29) is 51.6 Å². The molecule has 0 spiro atoms. The lowest BCUT2D eigenvalue weighted by molar-refractivity contribution is -0.384. The van der Waals surface area contributed by atoms with Gasteiger partial charge in [-0.15, -0.1) is 0 Å². The summed E-state index contributed by atoms with van der Waals surface area (Å²) in [6.45, 7) is 3.12. The van der Waals surface area contributed by atoms with Crippen LogP contribution >= 0.6 is 23.2 Å². The first kappa shape index (κ1) is 30.7. The Bertz CT molecular complexity index is 2110. The maximum atomic E-state index is 13.4. The number of esters is 1. The predicted octanol–water partition coefficient (Wildman–Crippen LogP) is 7.17. The highest BCUT2D eigenvalue weighted by Gasteiger charge is 2.60. The van der Waals surface area contributed by atoms with E-state index in [1.807, 2.05) is 6.92 Å². The summed E-state index contributed by atoms with van der Waals surface area (Å²) in [6.07, 6.45) is 2.98. The second-order valence-corrected chi connectivity index (χ2v) is 12.9. The third kappa shape index (κ3) is 4.99. The van der Waals surface area contributed by atoms with E-state index in [1.165, 1.54) is 28.7 Å². The lowest BCUT2D eigenvalue weighted by atomic mass is 9.82. The van der Waals surface area contributed by atoms with E-state index in [2.05, 4.69) is 6.08 Å². The number of anilines is 1. The number of allylic oxidation sites excluding steroid dienone is 2. The van der Waals surface area contributed by atoms with Crippen LogP contribution < -0.4 is 4.90 Å². The smallest absolute Gasteiger partial charge is 0.339 e. The van der Waals surface area contributed by atoms with Crippen LogP contribution in [0.4, 0.5) is 11.4 Å². The van der Waals surface area contributed by atoms with Crippen molar-refractivity contribution in [1.29, 1.82) is 0 Å². The van der Waals surface area contributed by atoms with Gasteiger partial charge in [0.2, 0.25) is 17.6 Å². The number of imide groups is 1. The number of halogens is 2. The Kier molecular flexibility index (Phi) is 7.45. The molecular weight excluding hydrogens is 645 g/mol. The molecule has 3 aromatic carbocycles. The molecule has 47 heavy (non-hydrogen) atoms. The average molecular weight is 671 g/mol. The Balaban J connectivity index is 1.17. The maximum Gasteiger partial charge on any atom is 0.339 e. The minimum atomic E-state index is -0.813. The van der Waals surface area contributed by atoms with Crippen LogP contribution in [-0.2, 0) is 14.3 Å². The van der Waals surface area contributed by atoms with Crippen molar-refractivity contribution in [2.45, 2.75) is 20.3 Å². The number of carbonyl (C=O) groups excluding carboxylic acids is 4. The summed E-state index contributed by atoms with van der Waals surface area (Å²) >= 11 is 12.3. The number of aryl methyl sites for hydroxylation is 1. The van der Waals surface area contributed by atoms with E-state index >= 15 is 0 Å². The molecule has 0 N–H and O–H groups in total. The third-order valence-corrected chi connectivity index (χ3v) is 10.2. The lowest BCUT2D eigenvalue weighted by Gasteiger charge is -2.19. The summed E-state index contributed by atoms with van der Waals surface area (Å²) in [6, 6.07) is 15.2. The Morgan fingerprint density at radius 2 is 1.68 bits per heavy atom. The number of aromatic nitrogens is 1. The molecule has 2 amide bonds. The number of fused-ring (bicyclic) bond motifs is 6. The molecule has 3 aliphatic rings. The number of benzene rings is 3. The first-order valence-corrected chi connectivity index (χ1v) is 15.6. The van der Waals surface area contributed by atoms with Crippen LogP contribution in [-0.4, -0.2) is 40.1 Å². The summed E-state index contributed by atoms with van der Waals surface area (Å²) in [5.74, 6) is -2.24. The zero-order valence-corrected chi connectivity index (χ0v) is 26.5. The number of amides is 2. The van der Waals surface area contributed by atoms with Crippen molar-refractivity contribution in [2.24, 2.45) is 23.7 Å². The molecule has 10 nitrogen and oxygen atoms in total. The number of nitro benzene ring substituents is 1. The van der Waals surface area contributed by atoms with Gasteiger partial charge in [0, 0.05) is 27.6 Å². The number of pyridine rings is 1. The quantitative estimate of drug-likeness (QED) is 0.0504. The van der Waals surface area contributed by atoms with Gasteiger partial charge in [0.1, 0.15) is 5.02 Å². The van der Waals surface area contributed by atoms with Crippen LogP contribution in [0.5, 0.6) is 0 Å². The molecule has 1 aliphatic heterocycles. The van der Waals surface area contributed by atoms with Gasteiger partial charge in [0.05, 0.1) is 39.2 Å². The molecule has 0 radical (unpaired) electrons. The fourth-order valence-electron chi connectivity index (χ4n) is 7.15. The topological polar surface area (TPSA) is 137 Å². The fourth-order valence-corrected chi connectivity index (χ4v) is 7.49. The maximum absolute atomic E-state index is 13.4. The van der Waals surface area contributed by atoms with Gasteiger partial charge in [-0.05, 0) is 74.1 Å². The molecular formula is C35H25Cl2N3O7. The number of ether oxygens (including phenoxy) is 1. The van der Waals surface area contributed by atoms with Gasteiger partial charge in [-0.3, -0.25) is 29.4 Å². The molecule has 2 bridgehead atoms. The van der Waals surface area contributed by atoms with E-state index in [1.54, 1.807) is 43.3 Å². The van der Waals surface area contributed by atoms with Gasteiger partial charge in [-0.25, -0.2) is 9.78 Å². The number of hydrogen-bond donors (Lipinski definition) is 0. The molecule has 4 unspecified atom stereocenters. The van der Waals surface area contributed by atoms with Gasteiger partial charge < -0.3 is 4.74 Å². The van der Waals surface area contributed by atoms with E-state index in [0.717, 1.165) is 12.5 Å². The monoisotopic (exact) mass is 669 g/mol. The number of nitro groups is 1. The van der Waals surface area contributed by atoms with Crippen LogP contribution in [0.2, 0.25) is 10.0 Å². The van der Waals surface area contributed by atoms with Gasteiger partial charge >= 0.3 is 5.97 Å². The summed E-state index contributed by atoms with van der Waals surface area (Å²) in [5, 5.41) is 12.0. The van der Waals surface area contributed by atoms with Crippen molar-refractivity contribution in [2.75, 3.05) is 11.5 Å². The van der Waals surface area contributed by atoms with Gasteiger partial charge in [0.25, 0.3) is 5.69 Å². The zero-order chi connectivity index (χ0) is 33.3. The minimum Gasteiger partial charge on any atom is -0.454 e. The standard InChI is InChI=1S/C35H25Cl2N3O7/c1-16-11-20-12-23(16)31-30(20)33(42)39(34(31)43)21-6-3-18(4-7-21)27-14-24(22-8-10-25(36)17(2)32(22)38-27)35(44)47-15-29(41)19-5-9-26(37)28(13-19)40(45)46/h3-11,13-14,20,23,30-31H,12,15H2,1-2H3. The zero-order valence-electron chi connectivity index (χ0n) is 25.0. The summed E-state index contributed by atoms with van der Waals surface area (Å²) in [5.41, 5.74) is 3.37. The van der Waals surface area contributed by atoms with Crippen LogP contribution in [0.15, 0.2) is 72.3 Å². The second kappa shape index (κ2) is 11.4. The van der Waals surface area contributed by atoms with E-state index in [4.69, 9.17) is 32.9 Å². The molecule has 1 saturated carbocycles. The number of nitrogens with zero attached hydrogens (tertiary/aromatic N) is 3. The molecule has 2 aliphatic carbocycles. The van der Waals surface area contributed by atoms with Crippen molar-refractivity contribution in [3.05, 3.63) is 109 Å². The molecule has 236 valence electrons. The molecule has 1 saturated heterocycles. The number of ketones is 1. The Hall–Kier alpha value is -4.93. The normalized spacial score (nSPS) is 21.3. The molecule has 2 fully saturated rings. The van der Waals surface area contributed by atoms with Gasteiger partial charge in [-0.2, -0.15) is 0 Å². The van der Waals surface area contributed by atoms with Crippen molar-refractivity contribution in [1.82, 2.24) is 4.98 Å².